The first-order valence-electron chi connectivity index (χ1n) is 28.3. The van der Waals surface area contributed by atoms with Crippen LogP contribution in [-0.4, -0.2) is 0 Å². The van der Waals surface area contributed by atoms with E-state index in [0.717, 1.165) is 90.5 Å². The first kappa shape index (κ1) is 52.5. The van der Waals surface area contributed by atoms with Gasteiger partial charge in [0.25, 0.3) is 0 Å². The van der Waals surface area contributed by atoms with E-state index in [1.165, 1.54) is 44.5 Å². The molecule has 12 aromatic carbocycles. The van der Waals surface area contributed by atoms with Gasteiger partial charge >= 0.3 is 0 Å². The summed E-state index contributed by atoms with van der Waals surface area (Å²) < 4.78 is 0. The van der Waals surface area contributed by atoms with Gasteiger partial charge < -0.3 is 19.6 Å². The van der Waals surface area contributed by atoms with Gasteiger partial charge in [-0.3, -0.25) is 0 Å². The van der Waals surface area contributed by atoms with Crippen LogP contribution in [0.3, 0.4) is 0 Å². The normalized spacial score (nSPS) is 11.0. The summed E-state index contributed by atoms with van der Waals surface area (Å²) in [7, 11) is 0. The van der Waals surface area contributed by atoms with Crippen molar-refractivity contribution in [3.8, 4) is 33.4 Å². The molecule has 4 nitrogen and oxygen atoms in total. The summed E-state index contributed by atoms with van der Waals surface area (Å²) >= 11 is 0. The van der Waals surface area contributed by atoms with Crippen molar-refractivity contribution >= 4 is 68.2 Å². The molecule has 0 aliphatic heterocycles. The Bertz CT molecular complexity index is 3780. The summed E-state index contributed by atoms with van der Waals surface area (Å²) in [6, 6.07) is 106. The molecule has 0 aromatic heterocycles. The molecule has 0 unspecified atom stereocenters. The lowest BCUT2D eigenvalue weighted by molar-refractivity contribution is 1.26. The minimum atomic E-state index is 1.09. The monoisotopic (exact) mass is 1060 g/mol. The highest BCUT2D eigenvalue weighted by Gasteiger charge is 2.19. The van der Waals surface area contributed by atoms with E-state index < -0.39 is 0 Å². The topological polar surface area (TPSA) is 13.0 Å². The molecule has 0 heterocycles. The second-order valence-corrected chi connectivity index (χ2v) is 21.7. The molecule has 0 aliphatic carbocycles. The average molecular weight is 1060 g/mol. The van der Waals surface area contributed by atoms with Crippen LogP contribution in [0.2, 0.25) is 0 Å². The van der Waals surface area contributed by atoms with Crippen LogP contribution in [0, 0.1) is 41.5 Å². The van der Waals surface area contributed by atoms with Crippen LogP contribution >= 0.6 is 0 Å². The van der Waals surface area contributed by atoms with Crippen molar-refractivity contribution in [3.63, 3.8) is 0 Å². The summed E-state index contributed by atoms with van der Waals surface area (Å²) in [5.74, 6) is 0. The lowest BCUT2D eigenvalue weighted by Crippen LogP contribution is -2.10. The van der Waals surface area contributed by atoms with Crippen molar-refractivity contribution in [2.75, 3.05) is 19.6 Å². The highest BCUT2D eigenvalue weighted by molar-refractivity contribution is 5.85. The van der Waals surface area contributed by atoms with E-state index in [0.29, 0.717) is 0 Å². The van der Waals surface area contributed by atoms with E-state index in [2.05, 4.69) is 352 Å². The third-order valence-electron chi connectivity index (χ3n) is 15.3. The number of hydrogen-bond donors (Lipinski definition) is 0. The first-order chi connectivity index (χ1) is 40.1. The minimum absolute atomic E-state index is 1.09. The molecule has 0 radical (unpaired) electrons. The van der Waals surface area contributed by atoms with Crippen molar-refractivity contribution in [2.45, 2.75) is 41.5 Å². The zero-order chi connectivity index (χ0) is 56.1. The van der Waals surface area contributed by atoms with Crippen LogP contribution in [0.15, 0.2) is 291 Å². The van der Waals surface area contributed by atoms with E-state index in [1.54, 1.807) is 0 Å². The molecule has 0 saturated heterocycles. The standard InChI is InChI=1S/C78H66N4/c1-55-13-7-19-73(49-55)79(69-41-29-63(30-42-69)65-33-45-71(46-34-65)81(75-21-9-15-57(3)51-75)76-22-10-16-58(4)52-76)67-37-25-61(26-38-67)62-27-39-68(40-28-62)80(74-20-8-14-56(2)50-74)70-43-31-64(32-44-70)66-35-47-72(48-36-66)82(77-23-11-17-59(5)53-77)78-24-12-18-60(6)54-78/h7-54H,1-6H3. The van der Waals surface area contributed by atoms with Gasteiger partial charge in [-0.2, -0.15) is 0 Å². The predicted molar refractivity (Wildman–Crippen MR) is 350 cm³/mol. The number of aryl methyl sites for hydroxylation is 6. The Hall–Kier alpha value is -10.2. The molecule has 0 saturated carbocycles. The molecule has 0 atom stereocenters. The fraction of sp³-hybridized carbons (Fsp3) is 0.0769. The second-order valence-electron chi connectivity index (χ2n) is 21.7. The molecular weight excluding hydrogens is 993 g/mol. The Kier molecular flexibility index (Phi) is 14.9. The molecule has 12 rings (SSSR count). The van der Waals surface area contributed by atoms with Crippen molar-refractivity contribution in [3.05, 3.63) is 325 Å². The second kappa shape index (κ2) is 23.3. The predicted octanol–water partition coefficient (Wildman–Crippen LogP) is 22.4. The molecule has 0 bridgehead atoms. The Morgan fingerprint density at radius 2 is 0.280 bits per heavy atom. The molecular formula is C78H66N4. The van der Waals surface area contributed by atoms with Crippen LogP contribution in [0.25, 0.3) is 33.4 Å². The Balaban J connectivity index is 0.788. The van der Waals surface area contributed by atoms with E-state index in [-0.39, 0.29) is 0 Å². The lowest BCUT2D eigenvalue weighted by Gasteiger charge is -2.27. The molecule has 0 amide bonds. The van der Waals surface area contributed by atoms with Crippen LogP contribution in [0.1, 0.15) is 33.4 Å². The molecule has 0 fully saturated rings. The number of benzene rings is 12. The molecule has 4 heteroatoms. The van der Waals surface area contributed by atoms with Gasteiger partial charge in [-0.05, 0) is 254 Å². The SMILES string of the molecule is Cc1cccc(N(c2ccc(-c3ccc(N(c4ccc(-c5ccc(N(c6cccc(C)c6)c6cccc(C)c6)cc5)cc4)c4cccc(C)c4)cc3)cc2)c2ccc(-c3ccc(N(c4cccc(C)c4)c4cccc(C)c4)cc3)cc2)c1. The summed E-state index contributed by atoms with van der Waals surface area (Å²) in [5.41, 5.74) is 27.7. The van der Waals surface area contributed by atoms with Gasteiger partial charge in [-0.1, -0.05) is 146 Å². The van der Waals surface area contributed by atoms with E-state index in [9.17, 15) is 0 Å². The van der Waals surface area contributed by atoms with Gasteiger partial charge in [0.15, 0.2) is 0 Å². The third-order valence-corrected chi connectivity index (χ3v) is 15.3. The molecule has 12 aromatic rings. The Morgan fingerprint density at radius 3 is 0.415 bits per heavy atom. The van der Waals surface area contributed by atoms with Crippen molar-refractivity contribution in [1.29, 1.82) is 0 Å². The van der Waals surface area contributed by atoms with Crippen molar-refractivity contribution < 1.29 is 0 Å². The van der Waals surface area contributed by atoms with E-state index in [1.807, 2.05) is 0 Å². The van der Waals surface area contributed by atoms with Crippen LogP contribution < -0.4 is 19.6 Å². The molecule has 0 aliphatic rings. The van der Waals surface area contributed by atoms with Crippen LogP contribution in [0.5, 0.6) is 0 Å². The smallest absolute Gasteiger partial charge is 0.0464 e. The number of nitrogens with zero attached hydrogens (tertiary/aromatic N) is 4. The van der Waals surface area contributed by atoms with Gasteiger partial charge in [0.05, 0.1) is 0 Å². The number of rotatable bonds is 15. The van der Waals surface area contributed by atoms with Gasteiger partial charge in [0, 0.05) is 68.2 Å². The summed E-state index contributed by atoms with van der Waals surface area (Å²) in [6.45, 7) is 12.9. The Labute approximate surface area is 484 Å². The average Bonchev–Trinajstić information content (AvgIpc) is 3.63. The molecule has 398 valence electrons. The zero-order valence-electron chi connectivity index (χ0n) is 47.5. The van der Waals surface area contributed by atoms with Crippen LogP contribution in [0.4, 0.5) is 68.2 Å². The van der Waals surface area contributed by atoms with E-state index in [4.69, 9.17) is 0 Å². The van der Waals surface area contributed by atoms with Gasteiger partial charge in [-0.15, -0.1) is 0 Å². The van der Waals surface area contributed by atoms with Crippen molar-refractivity contribution in [1.82, 2.24) is 0 Å². The van der Waals surface area contributed by atoms with E-state index >= 15 is 0 Å². The lowest BCUT2D eigenvalue weighted by atomic mass is 10.0. The quantitative estimate of drug-likeness (QED) is 0.101. The van der Waals surface area contributed by atoms with Gasteiger partial charge in [0.2, 0.25) is 0 Å². The first-order valence-corrected chi connectivity index (χ1v) is 28.3. The molecule has 0 N–H and O–H groups in total. The van der Waals surface area contributed by atoms with Crippen LogP contribution in [-0.2, 0) is 0 Å². The highest BCUT2D eigenvalue weighted by atomic mass is 15.2. The molecule has 82 heavy (non-hydrogen) atoms. The summed E-state index contributed by atoms with van der Waals surface area (Å²) in [6.07, 6.45) is 0. The summed E-state index contributed by atoms with van der Waals surface area (Å²) in [4.78, 5) is 9.37. The van der Waals surface area contributed by atoms with Gasteiger partial charge in [0.1, 0.15) is 0 Å². The fourth-order valence-corrected chi connectivity index (χ4v) is 11.2. The maximum atomic E-state index is 2.35. The Morgan fingerprint density at radius 1 is 0.146 bits per heavy atom. The van der Waals surface area contributed by atoms with Crippen molar-refractivity contribution in [2.24, 2.45) is 0 Å². The van der Waals surface area contributed by atoms with Gasteiger partial charge in [-0.25, -0.2) is 0 Å². The summed E-state index contributed by atoms with van der Waals surface area (Å²) in [5, 5.41) is 0. The third kappa shape index (κ3) is 11.5. The number of hydrogen-bond acceptors (Lipinski definition) is 4. The number of anilines is 12. The molecule has 0 spiro atoms. The highest BCUT2D eigenvalue weighted by Crippen LogP contribution is 2.42. The fourth-order valence-electron chi connectivity index (χ4n) is 11.2. The zero-order valence-corrected chi connectivity index (χ0v) is 47.5. The maximum Gasteiger partial charge on any atom is 0.0464 e. The maximum absolute atomic E-state index is 2.35. The largest absolute Gasteiger partial charge is 0.310 e. The minimum Gasteiger partial charge on any atom is -0.310 e.